The maximum absolute atomic E-state index is 12.5. The molecule has 1 fully saturated rings. The van der Waals surface area contributed by atoms with Crippen LogP contribution >= 0.6 is 0 Å². The Morgan fingerprint density at radius 2 is 2.09 bits per heavy atom. The Labute approximate surface area is 183 Å². The smallest absolute Gasteiger partial charge is 0.290 e. The van der Waals surface area contributed by atoms with Gasteiger partial charge in [-0.25, -0.2) is 14.5 Å². The molecule has 4 rings (SSSR count). The molecule has 4 N–H and O–H groups in total. The number of nitrogens with zero attached hydrogens (tertiary/aromatic N) is 5. The first-order valence-corrected chi connectivity index (χ1v) is 10.1. The number of aliphatic hydroxyl groups is 1. The molecule has 0 radical (unpaired) electrons. The lowest BCUT2D eigenvalue weighted by atomic mass is 10.1. The van der Waals surface area contributed by atoms with Gasteiger partial charge in [-0.2, -0.15) is 5.10 Å². The number of fused-ring (bicyclic) bond motifs is 1. The minimum Gasteiger partial charge on any atom is -0.483 e. The number of rotatable bonds is 7. The molecule has 1 saturated carbocycles. The van der Waals surface area contributed by atoms with Crippen molar-refractivity contribution in [3.63, 3.8) is 0 Å². The molecule has 3 aromatic rings. The maximum Gasteiger partial charge on any atom is 0.290 e. The van der Waals surface area contributed by atoms with Crippen molar-refractivity contribution >= 4 is 23.9 Å². The Morgan fingerprint density at radius 3 is 2.84 bits per heavy atom. The summed E-state index contributed by atoms with van der Waals surface area (Å²) in [5.74, 6) is -0.718. The van der Waals surface area contributed by atoms with Crippen LogP contribution in [0.25, 0.3) is 5.65 Å². The first-order chi connectivity index (χ1) is 15.5. The minimum absolute atomic E-state index is 0.0875. The van der Waals surface area contributed by atoms with Crippen LogP contribution in [0.3, 0.4) is 0 Å². The van der Waals surface area contributed by atoms with E-state index in [0.29, 0.717) is 30.6 Å². The first kappa shape index (κ1) is 22.9. The molecule has 1 aliphatic carbocycles. The predicted molar refractivity (Wildman–Crippen MR) is 112 cm³/mol. The summed E-state index contributed by atoms with van der Waals surface area (Å²) in [7, 11) is 0. The zero-order valence-electron chi connectivity index (χ0n) is 17.2. The molecule has 2 amide bonds. The molecule has 0 unspecified atom stereocenters. The molecule has 170 valence electrons. The third-order valence-corrected chi connectivity index (χ3v) is 5.20. The number of aromatic nitrogens is 5. The monoisotopic (exact) mass is 443 g/mol. The largest absolute Gasteiger partial charge is 0.483 e. The number of hydrogen-bond acceptors (Lipinski definition) is 7. The molecule has 0 saturated heterocycles. The topological polar surface area (TPSA) is 164 Å². The van der Waals surface area contributed by atoms with Gasteiger partial charge in [0.1, 0.15) is 6.33 Å². The van der Waals surface area contributed by atoms with E-state index in [0.717, 1.165) is 13.0 Å². The summed E-state index contributed by atoms with van der Waals surface area (Å²) in [6.45, 7) is 1.08. The van der Waals surface area contributed by atoms with Crippen LogP contribution in [0.15, 0.2) is 43.4 Å². The Bertz CT molecular complexity index is 1040. The summed E-state index contributed by atoms with van der Waals surface area (Å²) >= 11 is 0. The standard InChI is InChI=1S/C19H23N7O3.CH2O2/c27-16-9-14(18(28)21-4-1-6-25-7-5-20-12-25)8-15(16)24-19(29)13-2-3-17-22-11-23-26(17)10-13;2-1-3/h2-3,5,7,10-12,14-16,27H,1,4,6,8-9H2,(H,21,28)(H,24,29);1H,(H,2,3)/t14-,15+,16+;/m0./s1. The fourth-order valence-corrected chi connectivity index (χ4v) is 3.62. The van der Waals surface area contributed by atoms with Crippen molar-refractivity contribution in [1.29, 1.82) is 0 Å². The highest BCUT2D eigenvalue weighted by Crippen LogP contribution is 2.26. The molecule has 0 spiro atoms. The Morgan fingerprint density at radius 1 is 1.28 bits per heavy atom. The third-order valence-electron chi connectivity index (χ3n) is 5.20. The van der Waals surface area contributed by atoms with Crippen LogP contribution in [0.1, 0.15) is 29.6 Å². The van der Waals surface area contributed by atoms with Crippen LogP contribution in [-0.4, -0.2) is 71.3 Å². The molecule has 0 aromatic carbocycles. The molecular weight excluding hydrogens is 418 g/mol. The summed E-state index contributed by atoms with van der Waals surface area (Å²) in [5.41, 5.74) is 1.06. The molecule has 12 nitrogen and oxygen atoms in total. The van der Waals surface area contributed by atoms with E-state index in [9.17, 15) is 14.7 Å². The van der Waals surface area contributed by atoms with Gasteiger partial charge in [0.25, 0.3) is 12.4 Å². The predicted octanol–water partition coefficient (Wildman–Crippen LogP) is -0.298. The number of aliphatic hydroxyl groups excluding tert-OH is 1. The number of carbonyl (C=O) groups is 3. The molecule has 12 heteroatoms. The summed E-state index contributed by atoms with van der Waals surface area (Å²) in [5, 5.41) is 27.0. The Hall–Kier alpha value is -3.80. The highest BCUT2D eigenvalue weighted by molar-refractivity contribution is 5.94. The average molecular weight is 443 g/mol. The molecule has 32 heavy (non-hydrogen) atoms. The lowest BCUT2D eigenvalue weighted by Gasteiger charge is -2.16. The van der Waals surface area contributed by atoms with E-state index < -0.39 is 12.1 Å². The quantitative estimate of drug-likeness (QED) is 0.286. The second-order valence-electron chi connectivity index (χ2n) is 7.35. The lowest BCUT2D eigenvalue weighted by Crippen LogP contribution is -2.40. The number of imidazole rings is 1. The summed E-state index contributed by atoms with van der Waals surface area (Å²) in [4.78, 5) is 41.3. The fourth-order valence-electron chi connectivity index (χ4n) is 3.62. The van der Waals surface area contributed by atoms with E-state index in [-0.39, 0.29) is 24.2 Å². The second kappa shape index (κ2) is 11.0. The fraction of sp³-hybridized carbons (Fsp3) is 0.400. The Balaban J connectivity index is 0.000000913. The van der Waals surface area contributed by atoms with Crippen LogP contribution in [0.2, 0.25) is 0 Å². The number of aryl methyl sites for hydroxylation is 1. The van der Waals surface area contributed by atoms with Crippen LogP contribution in [0, 0.1) is 5.92 Å². The van der Waals surface area contributed by atoms with E-state index in [1.807, 2.05) is 10.8 Å². The van der Waals surface area contributed by atoms with Crippen molar-refractivity contribution in [1.82, 2.24) is 34.8 Å². The van der Waals surface area contributed by atoms with Gasteiger partial charge in [0.05, 0.1) is 24.0 Å². The third kappa shape index (κ3) is 5.88. The number of hydrogen-bond donors (Lipinski definition) is 4. The van der Waals surface area contributed by atoms with Gasteiger partial charge in [-0.15, -0.1) is 0 Å². The van der Waals surface area contributed by atoms with Gasteiger partial charge in [0.2, 0.25) is 5.91 Å². The average Bonchev–Trinajstić information content (AvgIpc) is 3.53. The second-order valence-corrected chi connectivity index (χ2v) is 7.35. The molecule has 0 aliphatic heterocycles. The van der Waals surface area contributed by atoms with E-state index in [2.05, 4.69) is 25.7 Å². The number of carboxylic acid groups (broad SMARTS) is 1. The van der Waals surface area contributed by atoms with Crippen LogP contribution in [0.5, 0.6) is 0 Å². The lowest BCUT2D eigenvalue weighted by molar-refractivity contribution is -0.125. The van der Waals surface area contributed by atoms with Crippen molar-refractivity contribution in [2.45, 2.75) is 38.0 Å². The zero-order chi connectivity index (χ0) is 22.9. The molecule has 0 bridgehead atoms. The molecule has 3 atom stereocenters. The van der Waals surface area contributed by atoms with Crippen molar-refractivity contribution < 1.29 is 24.6 Å². The van der Waals surface area contributed by atoms with Gasteiger partial charge in [0, 0.05) is 37.6 Å². The van der Waals surface area contributed by atoms with Crippen molar-refractivity contribution in [2.24, 2.45) is 5.92 Å². The normalized spacial score (nSPS) is 19.7. The number of amides is 2. The number of carbonyl (C=O) groups excluding carboxylic acids is 2. The maximum atomic E-state index is 12.5. The summed E-state index contributed by atoms with van der Waals surface area (Å²) in [6.07, 6.45) is 9.12. The van der Waals surface area contributed by atoms with E-state index >= 15 is 0 Å². The molecule has 1 aliphatic rings. The van der Waals surface area contributed by atoms with Gasteiger partial charge in [-0.3, -0.25) is 14.4 Å². The summed E-state index contributed by atoms with van der Waals surface area (Å²) in [6, 6.07) is 2.90. The molecule has 3 heterocycles. The van der Waals surface area contributed by atoms with Gasteiger partial charge in [-0.1, -0.05) is 0 Å². The van der Waals surface area contributed by atoms with Crippen molar-refractivity contribution in [3.05, 3.63) is 48.9 Å². The minimum atomic E-state index is -0.754. The number of pyridine rings is 1. The van der Waals surface area contributed by atoms with Gasteiger partial charge >= 0.3 is 0 Å². The van der Waals surface area contributed by atoms with Crippen molar-refractivity contribution in [3.8, 4) is 0 Å². The zero-order valence-corrected chi connectivity index (χ0v) is 17.2. The Kier molecular flexibility index (Phi) is 7.86. The molecular formula is C20H25N7O5. The first-order valence-electron chi connectivity index (χ1n) is 10.1. The number of nitrogens with one attached hydrogen (secondary N) is 2. The van der Waals surface area contributed by atoms with Crippen LogP contribution in [0.4, 0.5) is 0 Å². The molecule has 3 aromatic heterocycles. The highest BCUT2D eigenvalue weighted by Gasteiger charge is 2.37. The van der Waals surface area contributed by atoms with Crippen LogP contribution < -0.4 is 10.6 Å². The van der Waals surface area contributed by atoms with Gasteiger partial charge in [-0.05, 0) is 31.4 Å². The van der Waals surface area contributed by atoms with E-state index in [1.165, 1.54) is 10.8 Å². The van der Waals surface area contributed by atoms with E-state index in [4.69, 9.17) is 9.90 Å². The van der Waals surface area contributed by atoms with Crippen LogP contribution in [-0.2, 0) is 16.1 Å². The van der Waals surface area contributed by atoms with Crippen molar-refractivity contribution in [2.75, 3.05) is 6.54 Å². The highest BCUT2D eigenvalue weighted by atomic mass is 16.3. The summed E-state index contributed by atoms with van der Waals surface area (Å²) < 4.78 is 3.47. The SMILES string of the molecule is O=C(N[C@@H]1C[C@H](C(=O)NCCCn2ccnc2)C[C@H]1O)c1ccc2ncnn2c1.O=CO. The van der Waals surface area contributed by atoms with Gasteiger partial charge < -0.3 is 25.4 Å². The van der Waals surface area contributed by atoms with Gasteiger partial charge in [0.15, 0.2) is 5.65 Å². The van der Waals surface area contributed by atoms with E-state index in [1.54, 1.807) is 30.9 Å².